The molecule has 0 aliphatic carbocycles. The summed E-state index contributed by atoms with van der Waals surface area (Å²) in [6.07, 6.45) is 0. The van der Waals surface area contributed by atoms with Crippen LogP contribution in [0.1, 0.15) is 33.3 Å². The Kier molecular flexibility index (Phi) is 6.21. The standard InChI is InChI=1S/C22H21NO4S/c1-14-8-7-9-15(2)20(14)28-18-13-12-17(27-18)21(24)23-19(22(25)26-3)16-10-5-4-6-11-16/h4-13,19H,1-3H3,(H,23,24)/t19-/m0/s1. The summed E-state index contributed by atoms with van der Waals surface area (Å²) in [5.41, 5.74) is 2.92. The molecule has 1 heterocycles. The van der Waals surface area contributed by atoms with Gasteiger partial charge in [-0.25, -0.2) is 4.79 Å². The molecule has 0 fully saturated rings. The molecule has 6 heteroatoms. The number of benzene rings is 2. The Hall–Kier alpha value is -2.99. The lowest BCUT2D eigenvalue weighted by Crippen LogP contribution is -2.34. The topological polar surface area (TPSA) is 68.5 Å². The second-order valence-corrected chi connectivity index (χ2v) is 7.30. The molecule has 0 radical (unpaired) electrons. The molecule has 3 aromatic rings. The van der Waals surface area contributed by atoms with Crippen LogP contribution in [0.2, 0.25) is 0 Å². The second-order valence-electron chi connectivity index (χ2n) is 6.28. The Morgan fingerprint density at radius 2 is 1.64 bits per heavy atom. The van der Waals surface area contributed by atoms with Crippen molar-refractivity contribution in [2.75, 3.05) is 7.11 Å². The summed E-state index contributed by atoms with van der Waals surface area (Å²) >= 11 is 1.47. The zero-order valence-electron chi connectivity index (χ0n) is 15.9. The average molecular weight is 395 g/mol. The van der Waals surface area contributed by atoms with Crippen molar-refractivity contribution in [3.05, 3.63) is 83.1 Å². The number of ether oxygens (including phenoxy) is 1. The highest BCUT2D eigenvalue weighted by molar-refractivity contribution is 7.99. The Morgan fingerprint density at radius 3 is 2.29 bits per heavy atom. The SMILES string of the molecule is COC(=O)[C@@H](NC(=O)c1ccc(Sc2c(C)cccc2C)o1)c1ccccc1. The first kappa shape index (κ1) is 19.8. The van der Waals surface area contributed by atoms with Crippen LogP contribution in [0.15, 0.2) is 75.1 Å². The Labute approximate surface area is 168 Å². The Morgan fingerprint density at radius 1 is 0.964 bits per heavy atom. The van der Waals surface area contributed by atoms with Crippen LogP contribution in [0.3, 0.4) is 0 Å². The van der Waals surface area contributed by atoms with Crippen LogP contribution in [0.5, 0.6) is 0 Å². The molecule has 0 spiro atoms. The van der Waals surface area contributed by atoms with E-state index < -0.39 is 17.9 Å². The number of carbonyl (C=O) groups excluding carboxylic acids is 2. The molecule has 2 aromatic carbocycles. The quantitative estimate of drug-likeness (QED) is 0.613. The highest BCUT2D eigenvalue weighted by Crippen LogP contribution is 2.34. The lowest BCUT2D eigenvalue weighted by molar-refractivity contribution is -0.143. The van der Waals surface area contributed by atoms with Gasteiger partial charge in [0.1, 0.15) is 0 Å². The maximum atomic E-state index is 12.6. The molecular weight excluding hydrogens is 374 g/mol. The molecule has 28 heavy (non-hydrogen) atoms. The van der Waals surface area contributed by atoms with E-state index in [2.05, 4.69) is 5.32 Å². The van der Waals surface area contributed by atoms with Gasteiger partial charge >= 0.3 is 5.97 Å². The minimum atomic E-state index is -0.904. The number of furan rings is 1. The zero-order chi connectivity index (χ0) is 20.1. The summed E-state index contributed by atoms with van der Waals surface area (Å²) in [4.78, 5) is 25.9. The number of rotatable bonds is 6. The summed E-state index contributed by atoms with van der Waals surface area (Å²) in [6, 6.07) is 17.5. The predicted molar refractivity (Wildman–Crippen MR) is 107 cm³/mol. The third-order valence-corrected chi connectivity index (χ3v) is 5.53. The van der Waals surface area contributed by atoms with Gasteiger partial charge in [0.05, 0.1) is 7.11 Å². The van der Waals surface area contributed by atoms with Gasteiger partial charge in [0.25, 0.3) is 5.91 Å². The largest absolute Gasteiger partial charge is 0.467 e. The van der Waals surface area contributed by atoms with Gasteiger partial charge in [-0.15, -0.1) is 0 Å². The van der Waals surface area contributed by atoms with Gasteiger partial charge in [0, 0.05) is 4.90 Å². The fourth-order valence-corrected chi connectivity index (χ4v) is 3.73. The average Bonchev–Trinajstić information content (AvgIpc) is 3.18. The second kappa shape index (κ2) is 8.80. The van der Waals surface area contributed by atoms with Gasteiger partial charge in [-0.3, -0.25) is 4.79 Å². The number of aryl methyl sites for hydroxylation is 2. The molecule has 1 N–H and O–H groups in total. The van der Waals surface area contributed by atoms with Crippen molar-refractivity contribution in [1.29, 1.82) is 0 Å². The van der Waals surface area contributed by atoms with Gasteiger partial charge in [0.15, 0.2) is 16.9 Å². The van der Waals surface area contributed by atoms with E-state index in [0.717, 1.165) is 16.0 Å². The van der Waals surface area contributed by atoms with E-state index >= 15 is 0 Å². The molecule has 1 aromatic heterocycles. The maximum Gasteiger partial charge on any atom is 0.333 e. The molecule has 0 aliphatic heterocycles. The van der Waals surface area contributed by atoms with Crippen molar-refractivity contribution in [1.82, 2.24) is 5.32 Å². The van der Waals surface area contributed by atoms with Gasteiger partial charge in [-0.1, -0.05) is 60.3 Å². The minimum Gasteiger partial charge on any atom is -0.467 e. The van der Waals surface area contributed by atoms with E-state index in [1.165, 1.54) is 18.9 Å². The first-order valence-corrected chi connectivity index (χ1v) is 9.59. The molecular formula is C22H21NO4S. The molecule has 0 saturated carbocycles. The Bertz CT molecular complexity index is 961. The van der Waals surface area contributed by atoms with Crippen molar-refractivity contribution < 1.29 is 18.7 Å². The number of amides is 1. The molecule has 1 amide bonds. The summed E-state index contributed by atoms with van der Waals surface area (Å²) in [5, 5.41) is 3.29. The molecule has 1 atom stereocenters. The van der Waals surface area contributed by atoms with Crippen LogP contribution in [0, 0.1) is 13.8 Å². The molecule has 5 nitrogen and oxygen atoms in total. The van der Waals surface area contributed by atoms with E-state index in [1.54, 1.807) is 36.4 Å². The van der Waals surface area contributed by atoms with Crippen LogP contribution in [0.25, 0.3) is 0 Å². The van der Waals surface area contributed by atoms with Crippen LogP contribution < -0.4 is 5.32 Å². The van der Waals surface area contributed by atoms with Crippen LogP contribution in [0.4, 0.5) is 0 Å². The van der Waals surface area contributed by atoms with Crippen molar-refractivity contribution in [3.63, 3.8) is 0 Å². The van der Waals surface area contributed by atoms with Crippen LogP contribution >= 0.6 is 11.8 Å². The zero-order valence-corrected chi connectivity index (χ0v) is 16.7. The third-order valence-electron chi connectivity index (χ3n) is 4.26. The van der Waals surface area contributed by atoms with Crippen molar-refractivity contribution in [3.8, 4) is 0 Å². The lowest BCUT2D eigenvalue weighted by Gasteiger charge is -2.16. The van der Waals surface area contributed by atoms with Gasteiger partial charge in [0.2, 0.25) is 0 Å². The summed E-state index contributed by atoms with van der Waals surface area (Å²) in [7, 11) is 1.29. The molecule has 0 saturated heterocycles. The maximum absolute atomic E-state index is 12.6. The summed E-state index contributed by atoms with van der Waals surface area (Å²) < 4.78 is 10.5. The number of hydrogen-bond acceptors (Lipinski definition) is 5. The van der Waals surface area contributed by atoms with Crippen LogP contribution in [-0.2, 0) is 9.53 Å². The molecule has 144 valence electrons. The van der Waals surface area contributed by atoms with Crippen molar-refractivity contribution >= 4 is 23.6 Å². The van der Waals surface area contributed by atoms with Gasteiger partial charge in [-0.05, 0) is 42.7 Å². The van der Waals surface area contributed by atoms with E-state index in [1.807, 2.05) is 38.1 Å². The Balaban J connectivity index is 1.77. The number of esters is 1. The lowest BCUT2D eigenvalue weighted by atomic mass is 10.1. The molecule has 0 bridgehead atoms. The van der Waals surface area contributed by atoms with Gasteiger partial charge in [-0.2, -0.15) is 0 Å². The third kappa shape index (κ3) is 4.46. The smallest absolute Gasteiger partial charge is 0.333 e. The first-order valence-electron chi connectivity index (χ1n) is 8.77. The predicted octanol–water partition coefficient (Wildman–Crippen LogP) is 4.69. The van der Waals surface area contributed by atoms with Crippen LogP contribution in [-0.4, -0.2) is 19.0 Å². The van der Waals surface area contributed by atoms with E-state index in [-0.39, 0.29) is 5.76 Å². The highest BCUT2D eigenvalue weighted by atomic mass is 32.2. The minimum absolute atomic E-state index is 0.138. The van der Waals surface area contributed by atoms with E-state index in [0.29, 0.717) is 10.7 Å². The van der Waals surface area contributed by atoms with Crippen molar-refractivity contribution in [2.45, 2.75) is 29.9 Å². The van der Waals surface area contributed by atoms with E-state index in [9.17, 15) is 9.59 Å². The highest BCUT2D eigenvalue weighted by Gasteiger charge is 2.25. The molecule has 0 unspecified atom stereocenters. The first-order chi connectivity index (χ1) is 13.5. The normalized spacial score (nSPS) is 11.7. The number of nitrogens with one attached hydrogen (secondary N) is 1. The van der Waals surface area contributed by atoms with E-state index in [4.69, 9.17) is 9.15 Å². The molecule has 3 rings (SSSR count). The summed E-state index contributed by atoms with van der Waals surface area (Å²) in [6.45, 7) is 4.07. The number of methoxy groups -OCH3 is 1. The molecule has 0 aliphatic rings. The van der Waals surface area contributed by atoms with Gasteiger partial charge < -0.3 is 14.5 Å². The summed E-state index contributed by atoms with van der Waals surface area (Å²) in [5.74, 6) is -0.887. The number of hydrogen-bond donors (Lipinski definition) is 1. The number of carbonyl (C=O) groups is 2. The fourth-order valence-electron chi connectivity index (χ4n) is 2.80. The fraction of sp³-hybridized carbons (Fsp3) is 0.182. The monoisotopic (exact) mass is 395 g/mol. The van der Waals surface area contributed by atoms with Crippen molar-refractivity contribution in [2.24, 2.45) is 0 Å².